The molecule has 34 heavy (non-hydrogen) atoms. The molecule has 0 aliphatic carbocycles. The van der Waals surface area contributed by atoms with Crippen LogP contribution in [0, 0.1) is 5.41 Å². The fourth-order valence-electron chi connectivity index (χ4n) is 3.66. The maximum absolute atomic E-state index is 11.9. The van der Waals surface area contributed by atoms with Crippen molar-refractivity contribution in [2.24, 2.45) is 5.73 Å². The molecule has 2 aromatic heterocycles. The van der Waals surface area contributed by atoms with Gasteiger partial charge in [0.1, 0.15) is 17.4 Å². The van der Waals surface area contributed by atoms with Gasteiger partial charge in [0, 0.05) is 20.9 Å². The monoisotopic (exact) mass is 480 g/mol. The largest absolute Gasteiger partial charge is 0.507 e. The van der Waals surface area contributed by atoms with Crippen LogP contribution in [0.25, 0.3) is 32.9 Å². The van der Waals surface area contributed by atoms with E-state index in [-0.39, 0.29) is 35.1 Å². The fourth-order valence-corrected chi connectivity index (χ4v) is 4.55. The average Bonchev–Trinajstić information content (AvgIpc) is 3.43. The number of nitrogen functional groups attached to an aromatic ring is 1. The van der Waals surface area contributed by atoms with E-state index in [0.717, 1.165) is 0 Å². The molecule has 4 rings (SSSR count). The molecule has 8 N–H and O–H groups in total. The van der Waals surface area contributed by atoms with Crippen LogP contribution < -0.4 is 5.73 Å². The number of fused-ring (bicyclic) bond motifs is 1. The molecule has 10 nitrogen and oxygen atoms in total. The summed E-state index contributed by atoms with van der Waals surface area (Å²) in [4.78, 5) is 32.0. The van der Waals surface area contributed by atoms with Gasteiger partial charge in [-0.3, -0.25) is 15.0 Å². The van der Waals surface area contributed by atoms with Gasteiger partial charge in [-0.2, -0.15) is 0 Å². The number of phenols is 1. The highest BCUT2D eigenvalue weighted by molar-refractivity contribution is 7.15. The van der Waals surface area contributed by atoms with Gasteiger partial charge in [-0.15, -0.1) is 11.3 Å². The van der Waals surface area contributed by atoms with Gasteiger partial charge in [-0.05, 0) is 48.0 Å². The maximum atomic E-state index is 11.9. The number of carbonyl (C=O) groups is 2. The highest BCUT2D eigenvalue weighted by atomic mass is 32.1. The quantitative estimate of drug-likeness (QED) is 0.148. The van der Waals surface area contributed by atoms with Crippen LogP contribution in [0.2, 0.25) is 0 Å². The van der Waals surface area contributed by atoms with Gasteiger partial charge in [0.15, 0.2) is 0 Å². The highest BCUT2D eigenvalue weighted by Gasteiger charge is 2.27. The molecular weight excluding hydrogens is 460 g/mol. The van der Waals surface area contributed by atoms with E-state index < -0.39 is 24.3 Å². The molecule has 0 bridgehead atoms. The van der Waals surface area contributed by atoms with Crippen molar-refractivity contribution < 1.29 is 30.0 Å². The fraction of sp³-hybridized carbons (Fsp3) is 0.130. The lowest BCUT2D eigenvalue weighted by molar-refractivity contribution is -0.145. The number of rotatable bonds is 8. The zero-order valence-electron chi connectivity index (χ0n) is 17.6. The molecule has 2 aromatic carbocycles. The summed E-state index contributed by atoms with van der Waals surface area (Å²) in [5.74, 6) is -4.03. The van der Waals surface area contributed by atoms with Crippen LogP contribution in [0.1, 0.15) is 28.3 Å². The number of carboxylic acids is 2. The lowest BCUT2D eigenvalue weighted by Crippen LogP contribution is -2.16. The van der Waals surface area contributed by atoms with Gasteiger partial charge in [-0.25, -0.2) is 4.98 Å². The molecule has 0 spiro atoms. The molecule has 2 heterocycles. The third kappa shape index (κ3) is 4.34. The Morgan fingerprint density at radius 3 is 2.47 bits per heavy atom. The summed E-state index contributed by atoms with van der Waals surface area (Å²) < 4.78 is 0. The number of carboxylic acid groups (broad SMARTS) is 2. The summed E-state index contributed by atoms with van der Waals surface area (Å²) in [7, 11) is 0. The van der Waals surface area contributed by atoms with Crippen molar-refractivity contribution in [1.82, 2.24) is 9.97 Å². The van der Waals surface area contributed by atoms with Crippen molar-refractivity contribution >= 4 is 40.1 Å². The zero-order valence-corrected chi connectivity index (χ0v) is 18.4. The number of imidazole rings is 1. The number of hydrogen-bond donors (Lipinski definition) is 7. The van der Waals surface area contributed by atoms with Crippen LogP contribution in [-0.4, -0.2) is 48.2 Å². The third-order valence-corrected chi connectivity index (χ3v) is 6.45. The van der Waals surface area contributed by atoms with Crippen LogP contribution in [0.5, 0.6) is 5.75 Å². The number of nitrogens with two attached hydrogens (primary N) is 1. The van der Waals surface area contributed by atoms with Crippen LogP contribution in [0.4, 0.5) is 0 Å². The summed E-state index contributed by atoms with van der Waals surface area (Å²) in [5.41, 5.74) is 7.77. The van der Waals surface area contributed by atoms with Gasteiger partial charge >= 0.3 is 11.9 Å². The van der Waals surface area contributed by atoms with Crippen molar-refractivity contribution in [3.05, 3.63) is 58.5 Å². The van der Waals surface area contributed by atoms with Crippen molar-refractivity contribution in [2.75, 3.05) is 0 Å². The van der Waals surface area contributed by atoms with E-state index in [9.17, 15) is 30.0 Å². The number of nitrogens with zero attached hydrogens (tertiary/aromatic N) is 1. The summed E-state index contributed by atoms with van der Waals surface area (Å²) in [6.45, 7) is -0.198. The number of benzene rings is 2. The van der Waals surface area contributed by atoms with Crippen LogP contribution >= 0.6 is 11.3 Å². The molecule has 0 saturated carbocycles. The number of aromatic nitrogens is 2. The van der Waals surface area contributed by atoms with Crippen LogP contribution in [0.3, 0.4) is 0 Å². The molecule has 0 fully saturated rings. The smallest absolute Gasteiger partial charge is 0.311 e. The van der Waals surface area contributed by atoms with E-state index in [0.29, 0.717) is 31.9 Å². The summed E-state index contributed by atoms with van der Waals surface area (Å²) in [6.07, 6.45) is -0.645. The topological polar surface area (TPSA) is 194 Å². The van der Waals surface area contributed by atoms with Crippen molar-refractivity contribution in [2.45, 2.75) is 18.9 Å². The van der Waals surface area contributed by atoms with Crippen molar-refractivity contribution in [1.29, 1.82) is 5.41 Å². The second-order valence-corrected chi connectivity index (χ2v) is 8.78. The van der Waals surface area contributed by atoms with E-state index in [4.69, 9.17) is 11.1 Å². The molecule has 0 saturated heterocycles. The first-order valence-electron chi connectivity index (χ1n) is 10.0. The lowest BCUT2D eigenvalue weighted by Gasteiger charge is -2.15. The predicted octanol–water partition coefficient (Wildman–Crippen LogP) is 3.08. The SMILES string of the molecule is N=C(N)c1ccc2nc(-c3cc(C(CC(=O)O)C(=O)O)cc(-c4ccc(CO)s4)c3O)[nH]c2c1. The Hall–Kier alpha value is -4.22. The minimum atomic E-state index is -1.36. The minimum Gasteiger partial charge on any atom is -0.507 e. The number of aliphatic carboxylic acids is 2. The van der Waals surface area contributed by atoms with E-state index >= 15 is 0 Å². The maximum Gasteiger partial charge on any atom is 0.311 e. The van der Waals surface area contributed by atoms with Gasteiger partial charge < -0.3 is 31.1 Å². The molecule has 4 aromatic rings. The first-order chi connectivity index (χ1) is 16.2. The Morgan fingerprint density at radius 1 is 1.12 bits per heavy atom. The summed E-state index contributed by atoms with van der Waals surface area (Å²) in [5, 5.41) is 47.1. The summed E-state index contributed by atoms with van der Waals surface area (Å²) in [6, 6.07) is 11.1. The number of thiophene rings is 1. The zero-order chi connectivity index (χ0) is 24.6. The van der Waals surface area contributed by atoms with Crippen molar-refractivity contribution in [3.8, 4) is 27.6 Å². The number of amidine groups is 1. The van der Waals surface area contributed by atoms with Crippen LogP contribution in [-0.2, 0) is 16.2 Å². The van der Waals surface area contributed by atoms with Crippen LogP contribution in [0.15, 0.2) is 42.5 Å². The molecule has 0 aliphatic rings. The van der Waals surface area contributed by atoms with Crippen molar-refractivity contribution in [3.63, 3.8) is 0 Å². The molecule has 0 amide bonds. The number of H-pyrrole nitrogens is 1. The standard InChI is InChI=1S/C23H20N4O6S/c24-21(25)10-1-3-16-17(7-10)27-22(26-16)15-6-11(13(23(32)33)8-19(29)30)5-14(20(15)31)18-4-2-12(9-28)34-18/h1-7,13,28,31H,8-9H2,(H3,24,25)(H,26,27)(H,29,30)(H,32,33). The first kappa shape index (κ1) is 23.0. The minimum absolute atomic E-state index is 0.125. The van der Waals surface area contributed by atoms with E-state index in [2.05, 4.69) is 9.97 Å². The summed E-state index contributed by atoms with van der Waals surface area (Å²) >= 11 is 1.22. The Morgan fingerprint density at radius 2 is 1.85 bits per heavy atom. The normalized spacial score (nSPS) is 12.0. The predicted molar refractivity (Wildman–Crippen MR) is 126 cm³/mol. The molecule has 0 radical (unpaired) electrons. The Balaban J connectivity index is 1.94. The van der Waals surface area contributed by atoms with E-state index in [1.54, 1.807) is 30.3 Å². The second-order valence-electron chi connectivity index (χ2n) is 7.61. The highest BCUT2D eigenvalue weighted by Crippen LogP contribution is 2.43. The van der Waals surface area contributed by atoms with E-state index in [1.165, 1.54) is 23.5 Å². The first-order valence-corrected chi connectivity index (χ1v) is 10.9. The number of aliphatic hydroxyl groups is 1. The Labute approximate surface area is 196 Å². The molecule has 11 heteroatoms. The molecule has 0 aliphatic heterocycles. The number of aromatic amines is 1. The number of aromatic hydroxyl groups is 1. The second kappa shape index (κ2) is 8.96. The average molecular weight is 481 g/mol. The van der Waals surface area contributed by atoms with Gasteiger partial charge in [0.05, 0.1) is 35.5 Å². The molecule has 1 unspecified atom stereocenters. The molecule has 1 atom stereocenters. The molecule has 174 valence electrons. The lowest BCUT2D eigenvalue weighted by atomic mass is 9.91. The number of phenolic OH excluding ortho intramolecular Hbond substituents is 1. The van der Waals surface area contributed by atoms with Gasteiger partial charge in [0.2, 0.25) is 0 Å². The van der Waals surface area contributed by atoms with Gasteiger partial charge in [0.25, 0.3) is 0 Å². The number of hydrogen-bond acceptors (Lipinski definition) is 7. The Bertz CT molecular complexity index is 1440. The Kier molecular flexibility index (Phi) is 6.05. The van der Waals surface area contributed by atoms with Gasteiger partial charge in [-0.1, -0.05) is 0 Å². The molecular formula is C23H20N4O6S. The number of nitrogens with one attached hydrogen (secondary N) is 2. The van der Waals surface area contributed by atoms with E-state index in [1.807, 2.05) is 0 Å². The number of aliphatic hydroxyl groups excluding tert-OH is 1. The third-order valence-electron chi connectivity index (χ3n) is 5.34.